The lowest BCUT2D eigenvalue weighted by atomic mass is 10.2. The van der Waals surface area contributed by atoms with E-state index in [4.69, 9.17) is 11.6 Å². The number of amides is 2. The number of anilines is 1. The van der Waals surface area contributed by atoms with E-state index in [2.05, 4.69) is 25.8 Å². The first-order chi connectivity index (χ1) is 14.5. The van der Waals surface area contributed by atoms with Gasteiger partial charge in [-0.05, 0) is 55.3 Å². The van der Waals surface area contributed by atoms with Crippen molar-refractivity contribution in [1.82, 2.24) is 20.5 Å². The average molecular weight is 428 g/mol. The maximum Gasteiger partial charge on any atom is 0.252 e. The Kier molecular flexibility index (Phi) is 5.76. The highest BCUT2D eigenvalue weighted by Gasteiger charge is 2.27. The molecule has 1 aromatic heterocycles. The molecule has 2 aromatic carbocycles. The van der Waals surface area contributed by atoms with Crippen molar-refractivity contribution in [3.8, 4) is 11.4 Å². The van der Waals surface area contributed by atoms with Crippen molar-refractivity contribution >= 4 is 29.1 Å². The van der Waals surface area contributed by atoms with Gasteiger partial charge < -0.3 is 10.6 Å². The van der Waals surface area contributed by atoms with Crippen LogP contribution >= 0.6 is 11.6 Å². The fourth-order valence-electron chi connectivity index (χ4n) is 2.93. The van der Waals surface area contributed by atoms with Gasteiger partial charge in [0.2, 0.25) is 5.91 Å². The highest BCUT2D eigenvalue weighted by atomic mass is 35.5. The number of H-pyrrole nitrogens is 1. The Bertz CT molecular complexity index is 1080. The van der Waals surface area contributed by atoms with Crippen molar-refractivity contribution in [1.29, 1.82) is 0 Å². The molecule has 9 heteroatoms. The summed E-state index contributed by atoms with van der Waals surface area (Å²) < 4.78 is 13.1. The van der Waals surface area contributed by atoms with Crippen molar-refractivity contribution < 1.29 is 14.0 Å². The summed E-state index contributed by atoms with van der Waals surface area (Å²) in [6.45, 7) is 0.123. The third-order valence-electron chi connectivity index (χ3n) is 4.71. The molecule has 0 aliphatic heterocycles. The van der Waals surface area contributed by atoms with Gasteiger partial charge in [0.15, 0.2) is 5.82 Å². The second-order valence-corrected chi connectivity index (χ2v) is 7.48. The molecule has 0 unspecified atom stereocenters. The third kappa shape index (κ3) is 4.83. The number of benzene rings is 2. The summed E-state index contributed by atoms with van der Waals surface area (Å²) in [5.74, 6) is 0.831. The fourth-order valence-corrected chi connectivity index (χ4v) is 3.18. The van der Waals surface area contributed by atoms with E-state index >= 15 is 0 Å². The van der Waals surface area contributed by atoms with Gasteiger partial charge in [0.05, 0.1) is 10.6 Å². The molecule has 3 N–H and O–H groups in total. The first-order valence-corrected chi connectivity index (χ1v) is 9.93. The van der Waals surface area contributed by atoms with Gasteiger partial charge in [-0.15, -0.1) is 0 Å². The SMILES string of the molecule is O=C(CCNC(=O)c1ccc(F)cc1Cl)Nc1ccc(-c2n[nH]c(C3CC3)n2)cc1. The zero-order valence-corrected chi connectivity index (χ0v) is 16.7. The molecule has 1 aliphatic carbocycles. The van der Waals surface area contributed by atoms with Crippen LogP contribution in [0.4, 0.5) is 10.1 Å². The zero-order chi connectivity index (χ0) is 21.1. The molecule has 2 amide bonds. The maximum absolute atomic E-state index is 13.1. The van der Waals surface area contributed by atoms with E-state index in [1.807, 2.05) is 12.1 Å². The van der Waals surface area contributed by atoms with Crippen LogP contribution in [-0.2, 0) is 4.79 Å². The topological polar surface area (TPSA) is 99.8 Å². The molecular formula is C21H19ClFN5O2. The third-order valence-corrected chi connectivity index (χ3v) is 5.02. The highest BCUT2D eigenvalue weighted by Crippen LogP contribution is 2.38. The highest BCUT2D eigenvalue weighted by molar-refractivity contribution is 6.33. The number of nitrogens with one attached hydrogen (secondary N) is 3. The van der Waals surface area contributed by atoms with Crippen LogP contribution in [0.2, 0.25) is 5.02 Å². The quantitative estimate of drug-likeness (QED) is 0.532. The van der Waals surface area contributed by atoms with Crippen LogP contribution in [0.5, 0.6) is 0 Å². The zero-order valence-electron chi connectivity index (χ0n) is 15.9. The Hall–Kier alpha value is -3.26. The Morgan fingerprint density at radius 3 is 2.63 bits per heavy atom. The number of aromatic amines is 1. The summed E-state index contributed by atoms with van der Waals surface area (Å²) in [4.78, 5) is 28.7. The van der Waals surface area contributed by atoms with Crippen molar-refractivity contribution in [3.05, 3.63) is 64.7 Å². The van der Waals surface area contributed by atoms with Crippen LogP contribution < -0.4 is 10.6 Å². The predicted molar refractivity (Wildman–Crippen MR) is 111 cm³/mol. The second-order valence-electron chi connectivity index (χ2n) is 7.07. The monoisotopic (exact) mass is 427 g/mol. The van der Waals surface area contributed by atoms with Gasteiger partial charge in [-0.1, -0.05) is 11.6 Å². The van der Waals surface area contributed by atoms with Gasteiger partial charge in [0.1, 0.15) is 11.6 Å². The fraction of sp³-hybridized carbons (Fsp3) is 0.238. The number of halogens is 2. The van der Waals surface area contributed by atoms with Gasteiger partial charge in [-0.3, -0.25) is 14.7 Å². The standard InChI is InChI=1S/C21H19ClFN5O2/c22-17-11-14(23)5-8-16(17)21(30)24-10-9-18(29)25-15-6-3-13(4-7-15)20-26-19(27-28-20)12-1-2-12/h3-8,11-12H,1-2,9-10H2,(H,24,30)(H,25,29)(H,26,27,28). The summed E-state index contributed by atoms with van der Waals surface area (Å²) in [6, 6.07) is 10.8. The molecule has 1 saturated carbocycles. The molecule has 3 aromatic rings. The number of hydrogen-bond acceptors (Lipinski definition) is 4. The van der Waals surface area contributed by atoms with Crippen LogP contribution in [0.3, 0.4) is 0 Å². The molecule has 1 heterocycles. The lowest BCUT2D eigenvalue weighted by Crippen LogP contribution is -2.27. The lowest BCUT2D eigenvalue weighted by Gasteiger charge is -2.08. The molecule has 7 nitrogen and oxygen atoms in total. The van der Waals surface area contributed by atoms with Crippen LogP contribution in [0.1, 0.15) is 41.4 Å². The summed E-state index contributed by atoms with van der Waals surface area (Å²) in [5.41, 5.74) is 1.65. The minimum absolute atomic E-state index is 0.0210. The molecule has 4 rings (SSSR count). The van der Waals surface area contributed by atoms with Crippen LogP contribution in [0.15, 0.2) is 42.5 Å². The molecule has 30 heavy (non-hydrogen) atoms. The summed E-state index contributed by atoms with van der Waals surface area (Å²) >= 11 is 5.86. The van der Waals surface area contributed by atoms with Gasteiger partial charge in [0.25, 0.3) is 5.91 Å². The van der Waals surface area contributed by atoms with E-state index in [0.29, 0.717) is 17.4 Å². The van der Waals surface area contributed by atoms with Crippen molar-refractivity contribution in [2.45, 2.75) is 25.2 Å². The van der Waals surface area contributed by atoms with Gasteiger partial charge >= 0.3 is 0 Å². The molecule has 154 valence electrons. The summed E-state index contributed by atoms with van der Waals surface area (Å²) in [5, 5.41) is 12.6. The van der Waals surface area contributed by atoms with Crippen LogP contribution in [0.25, 0.3) is 11.4 Å². The number of carbonyl (C=O) groups excluding carboxylic acids is 2. The Labute approximate surface area is 177 Å². The Morgan fingerprint density at radius 1 is 1.17 bits per heavy atom. The first kappa shape index (κ1) is 20.0. The van der Waals surface area contributed by atoms with E-state index in [0.717, 1.165) is 36.4 Å². The number of hydrogen-bond donors (Lipinski definition) is 3. The molecule has 0 bridgehead atoms. The normalized spacial score (nSPS) is 13.1. The minimum atomic E-state index is -0.520. The minimum Gasteiger partial charge on any atom is -0.351 e. The molecule has 1 fully saturated rings. The smallest absolute Gasteiger partial charge is 0.252 e. The molecule has 1 aliphatic rings. The van der Waals surface area contributed by atoms with E-state index in [1.54, 1.807) is 12.1 Å². The van der Waals surface area contributed by atoms with Gasteiger partial charge in [0, 0.05) is 30.1 Å². The van der Waals surface area contributed by atoms with E-state index in [-0.39, 0.29) is 29.5 Å². The van der Waals surface area contributed by atoms with E-state index in [1.165, 1.54) is 6.07 Å². The average Bonchev–Trinajstić information content (AvgIpc) is 3.45. The lowest BCUT2D eigenvalue weighted by molar-refractivity contribution is -0.116. The molecular weight excluding hydrogens is 409 g/mol. The first-order valence-electron chi connectivity index (χ1n) is 9.55. The Morgan fingerprint density at radius 2 is 1.93 bits per heavy atom. The van der Waals surface area contributed by atoms with Crippen LogP contribution in [-0.4, -0.2) is 33.5 Å². The molecule has 0 radical (unpaired) electrons. The summed E-state index contributed by atoms with van der Waals surface area (Å²) in [7, 11) is 0. The van der Waals surface area contributed by atoms with Crippen LogP contribution in [0, 0.1) is 5.82 Å². The van der Waals surface area contributed by atoms with Gasteiger partial charge in [-0.25, -0.2) is 9.37 Å². The Balaban J connectivity index is 1.26. The molecule has 0 atom stereocenters. The van der Waals surface area contributed by atoms with Crippen molar-refractivity contribution in [2.75, 3.05) is 11.9 Å². The van der Waals surface area contributed by atoms with Crippen molar-refractivity contribution in [3.63, 3.8) is 0 Å². The molecule has 0 spiro atoms. The predicted octanol–water partition coefficient (Wildman–Crippen LogP) is 3.90. The number of carbonyl (C=O) groups is 2. The van der Waals surface area contributed by atoms with Gasteiger partial charge in [-0.2, -0.15) is 5.10 Å². The number of rotatable bonds is 7. The largest absolute Gasteiger partial charge is 0.351 e. The molecule has 0 saturated heterocycles. The second kappa shape index (κ2) is 8.62. The van der Waals surface area contributed by atoms with Crippen molar-refractivity contribution in [2.24, 2.45) is 0 Å². The number of nitrogens with zero attached hydrogens (tertiary/aromatic N) is 2. The maximum atomic E-state index is 13.1. The number of aromatic nitrogens is 3. The summed E-state index contributed by atoms with van der Waals surface area (Å²) in [6.07, 6.45) is 2.38. The van der Waals surface area contributed by atoms with E-state index in [9.17, 15) is 14.0 Å². The van der Waals surface area contributed by atoms with E-state index < -0.39 is 11.7 Å².